The fraction of sp³-hybridized carbons (Fsp3) is 0.417. The van der Waals surface area contributed by atoms with Crippen molar-refractivity contribution in [1.29, 1.82) is 0 Å². The average Bonchev–Trinajstić information content (AvgIpc) is 3.07. The molecule has 1 aromatic carbocycles. The molecule has 3 aromatic rings. The maximum absolute atomic E-state index is 13.3. The highest BCUT2D eigenvalue weighted by Crippen LogP contribution is 2.32. The second-order valence-corrected chi connectivity index (χ2v) is 8.87. The molecule has 6 heteroatoms. The number of benzene rings is 1. The van der Waals surface area contributed by atoms with Crippen LogP contribution in [0.4, 0.5) is 4.79 Å². The van der Waals surface area contributed by atoms with Crippen molar-refractivity contribution in [3.63, 3.8) is 0 Å². The molecule has 0 saturated heterocycles. The van der Waals surface area contributed by atoms with Gasteiger partial charge in [-0.3, -0.25) is 4.79 Å². The average molecular weight is 408 g/mol. The van der Waals surface area contributed by atoms with Crippen LogP contribution in [-0.2, 0) is 24.6 Å². The molecule has 2 aromatic heterocycles. The molecular weight excluding hydrogens is 380 g/mol. The lowest BCUT2D eigenvalue weighted by Crippen LogP contribution is -2.29. The summed E-state index contributed by atoms with van der Waals surface area (Å²) in [5, 5.41) is 0.844. The number of rotatable bonds is 2. The zero-order chi connectivity index (χ0) is 21.6. The Balaban J connectivity index is 1.99. The Kier molecular flexibility index (Phi) is 4.96. The summed E-state index contributed by atoms with van der Waals surface area (Å²) in [6, 6.07) is 9.37. The molecule has 0 amide bonds. The molecule has 158 valence electrons. The maximum Gasteiger partial charge on any atom is 0.419 e. The number of pyridine rings is 1. The number of hydrogen-bond acceptors (Lipinski definition) is 4. The topological polar surface area (TPSA) is 62.5 Å². The molecule has 0 bridgehead atoms. The van der Waals surface area contributed by atoms with E-state index in [1.54, 1.807) is 17.7 Å². The normalized spacial score (nSPS) is 13.9. The van der Waals surface area contributed by atoms with Crippen molar-refractivity contribution in [1.82, 2.24) is 9.13 Å². The zero-order valence-corrected chi connectivity index (χ0v) is 18.2. The van der Waals surface area contributed by atoms with E-state index in [0.717, 1.165) is 36.8 Å². The van der Waals surface area contributed by atoms with Crippen molar-refractivity contribution in [2.75, 3.05) is 7.11 Å². The standard InChI is InChI=1S/C24H28N2O4/c1-24(2,3)30-23(28)26-20-14-17(29-5)11-10-16(20)13-21(26)18-12-15-8-6-7-9-19(15)25(4)22(18)27/h10-14H,6-9H2,1-5H3. The van der Waals surface area contributed by atoms with Gasteiger partial charge in [0.2, 0.25) is 0 Å². The third kappa shape index (κ3) is 3.51. The third-order valence-electron chi connectivity index (χ3n) is 5.60. The van der Waals surface area contributed by atoms with Gasteiger partial charge in [-0.2, -0.15) is 0 Å². The third-order valence-corrected chi connectivity index (χ3v) is 5.60. The number of carbonyl (C=O) groups excluding carboxylic acids is 1. The number of carbonyl (C=O) groups is 1. The van der Waals surface area contributed by atoms with Crippen LogP contribution in [0.2, 0.25) is 0 Å². The van der Waals surface area contributed by atoms with Gasteiger partial charge in [0.25, 0.3) is 5.56 Å². The molecule has 0 N–H and O–H groups in total. The minimum absolute atomic E-state index is 0.102. The molecule has 0 fully saturated rings. The molecule has 4 rings (SSSR count). The van der Waals surface area contributed by atoms with Gasteiger partial charge in [0.05, 0.1) is 23.9 Å². The second-order valence-electron chi connectivity index (χ2n) is 8.87. The first kappa shape index (κ1) is 20.3. The van der Waals surface area contributed by atoms with E-state index in [9.17, 15) is 9.59 Å². The summed E-state index contributed by atoms with van der Waals surface area (Å²) in [7, 11) is 3.40. The van der Waals surface area contributed by atoms with Gasteiger partial charge < -0.3 is 14.0 Å². The van der Waals surface area contributed by atoms with Crippen molar-refractivity contribution >= 4 is 17.0 Å². The van der Waals surface area contributed by atoms with Crippen molar-refractivity contribution in [3.8, 4) is 17.0 Å². The highest BCUT2D eigenvalue weighted by Gasteiger charge is 2.26. The van der Waals surface area contributed by atoms with Crippen LogP contribution >= 0.6 is 0 Å². The summed E-state index contributed by atoms with van der Waals surface area (Å²) in [4.78, 5) is 26.5. The highest BCUT2D eigenvalue weighted by molar-refractivity contribution is 5.96. The van der Waals surface area contributed by atoms with E-state index >= 15 is 0 Å². The highest BCUT2D eigenvalue weighted by atomic mass is 16.6. The molecule has 0 radical (unpaired) electrons. The largest absolute Gasteiger partial charge is 0.497 e. The van der Waals surface area contributed by atoms with Crippen LogP contribution in [0.1, 0.15) is 44.9 Å². The number of methoxy groups -OCH3 is 1. The van der Waals surface area contributed by atoms with Crippen molar-refractivity contribution in [2.45, 2.75) is 52.1 Å². The molecule has 1 aliphatic rings. The molecule has 0 saturated carbocycles. The van der Waals surface area contributed by atoms with E-state index in [0.29, 0.717) is 22.5 Å². The molecule has 0 unspecified atom stereocenters. The summed E-state index contributed by atoms with van der Waals surface area (Å²) in [6.07, 6.45) is 3.54. The molecule has 6 nitrogen and oxygen atoms in total. The molecule has 30 heavy (non-hydrogen) atoms. The van der Waals surface area contributed by atoms with E-state index in [1.807, 2.05) is 52.1 Å². The minimum atomic E-state index is -0.662. The van der Waals surface area contributed by atoms with Crippen LogP contribution in [-0.4, -0.2) is 27.9 Å². The van der Waals surface area contributed by atoms with Crippen LogP contribution in [0, 0.1) is 0 Å². The Hall–Kier alpha value is -3.02. The Morgan fingerprint density at radius 1 is 1.07 bits per heavy atom. The molecule has 0 aliphatic heterocycles. The van der Waals surface area contributed by atoms with Crippen molar-refractivity contribution in [3.05, 3.63) is 51.9 Å². The molecule has 2 heterocycles. The van der Waals surface area contributed by atoms with Crippen LogP contribution < -0.4 is 10.3 Å². The summed E-state index contributed by atoms with van der Waals surface area (Å²) in [6.45, 7) is 5.48. The Labute approximate surface area is 176 Å². The number of fused-ring (bicyclic) bond motifs is 2. The smallest absolute Gasteiger partial charge is 0.419 e. The first-order valence-electron chi connectivity index (χ1n) is 10.3. The predicted octanol–water partition coefficient (Wildman–Crippen LogP) is 4.68. The van der Waals surface area contributed by atoms with Crippen molar-refractivity contribution < 1.29 is 14.3 Å². The van der Waals surface area contributed by atoms with E-state index in [4.69, 9.17) is 9.47 Å². The lowest BCUT2D eigenvalue weighted by molar-refractivity contribution is 0.0547. The number of aryl methyl sites for hydroxylation is 1. The van der Waals surface area contributed by atoms with Crippen LogP contribution in [0.5, 0.6) is 5.75 Å². The van der Waals surface area contributed by atoms with E-state index in [-0.39, 0.29) is 5.56 Å². The number of ether oxygens (including phenoxy) is 2. The number of hydrogen-bond donors (Lipinski definition) is 0. The SMILES string of the molecule is COc1ccc2cc(-c3cc4c(n(C)c3=O)CCCC4)n(C(=O)OC(C)(C)C)c2c1. The van der Waals surface area contributed by atoms with Gasteiger partial charge in [-0.05, 0) is 76.3 Å². The second kappa shape index (κ2) is 7.35. The quantitative estimate of drug-likeness (QED) is 0.618. The Morgan fingerprint density at radius 2 is 1.80 bits per heavy atom. The summed E-state index contributed by atoms with van der Waals surface area (Å²) < 4.78 is 14.3. The van der Waals surface area contributed by atoms with Crippen LogP contribution in [0.15, 0.2) is 35.1 Å². The van der Waals surface area contributed by atoms with Gasteiger partial charge in [-0.15, -0.1) is 0 Å². The number of aromatic nitrogens is 2. The van der Waals surface area contributed by atoms with Gasteiger partial charge in [-0.25, -0.2) is 9.36 Å². The fourth-order valence-corrected chi connectivity index (χ4v) is 4.18. The van der Waals surface area contributed by atoms with E-state index in [2.05, 4.69) is 0 Å². The minimum Gasteiger partial charge on any atom is -0.497 e. The van der Waals surface area contributed by atoms with Gasteiger partial charge in [-0.1, -0.05) is 0 Å². The molecule has 1 aliphatic carbocycles. The first-order valence-corrected chi connectivity index (χ1v) is 10.3. The molecule has 0 spiro atoms. The Morgan fingerprint density at radius 3 is 2.50 bits per heavy atom. The summed E-state index contributed by atoms with van der Waals surface area (Å²) in [5.41, 5.74) is 3.22. The van der Waals surface area contributed by atoms with E-state index < -0.39 is 11.7 Å². The molecule has 0 atom stereocenters. The monoisotopic (exact) mass is 408 g/mol. The Bertz CT molecular complexity index is 1190. The van der Waals surface area contributed by atoms with E-state index in [1.165, 1.54) is 10.1 Å². The van der Waals surface area contributed by atoms with Gasteiger partial charge in [0.1, 0.15) is 11.4 Å². The van der Waals surface area contributed by atoms with Gasteiger partial charge >= 0.3 is 6.09 Å². The summed E-state index contributed by atoms with van der Waals surface area (Å²) >= 11 is 0. The lowest BCUT2D eigenvalue weighted by atomic mass is 9.94. The first-order chi connectivity index (χ1) is 14.2. The lowest BCUT2D eigenvalue weighted by Gasteiger charge is -2.22. The predicted molar refractivity (Wildman–Crippen MR) is 117 cm³/mol. The van der Waals surface area contributed by atoms with Gasteiger partial charge in [0.15, 0.2) is 0 Å². The molecular formula is C24H28N2O4. The van der Waals surface area contributed by atoms with Gasteiger partial charge in [0, 0.05) is 24.2 Å². The summed E-state index contributed by atoms with van der Waals surface area (Å²) in [5.74, 6) is 0.635. The van der Waals surface area contributed by atoms with Crippen LogP contribution in [0.3, 0.4) is 0 Å². The maximum atomic E-state index is 13.3. The fourth-order valence-electron chi connectivity index (χ4n) is 4.18. The zero-order valence-electron chi connectivity index (χ0n) is 18.2. The van der Waals surface area contributed by atoms with Crippen LogP contribution in [0.25, 0.3) is 22.2 Å². The van der Waals surface area contributed by atoms with Crippen molar-refractivity contribution in [2.24, 2.45) is 7.05 Å². The number of nitrogens with zero attached hydrogens (tertiary/aromatic N) is 2.